The van der Waals surface area contributed by atoms with Crippen LogP contribution in [0.25, 0.3) is 0 Å². The van der Waals surface area contributed by atoms with Gasteiger partial charge in [-0.2, -0.15) is 0 Å². The van der Waals surface area contributed by atoms with Gasteiger partial charge >= 0.3 is 53.7 Å². The van der Waals surface area contributed by atoms with E-state index in [-0.39, 0.29) is 107 Å². The minimum absolute atomic E-state index is 0.0145. The van der Waals surface area contributed by atoms with E-state index in [0.717, 1.165) is 69.6 Å². The first-order chi connectivity index (χ1) is 44.2. The maximum absolute atomic E-state index is 12.1. The summed E-state index contributed by atoms with van der Waals surface area (Å²) in [5.74, 6) is 2.16. The molecule has 16 fully saturated rings. The molecule has 0 aromatic rings. The van der Waals surface area contributed by atoms with E-state index in [1.807, 2.05) is 0 Å². The van der Waals surface area contributed by atoms with Crippen molar-refractivity contribution in [2.24, 2.45) is 71.0 Å². The van der Waals surface area contributed by atoms with Crippen molar-refractivity contribution < 1.29 is 95.6 Å². The highest BCUT2D eigenvalue weighted by Gasteiger charge is 2.65. The number of cyclic esters (lactones) is 2. The lowest BCUT2D eigenvalue weighted by molar-refractivity contribution is -0.221. The number of fused-ring (bicyclic) bond motifs is 6. The number of carbonyl (C=O) groups excluding carboxylic acids is 9. The molecular formula is C74H102O20. The molecule has 11 aliphatic carbocycles. The third-order valence-electron chi connectivity index (χ3n) is 22.6. The first kappa shape index (κ1) is 71.9. The van der Waals surface area contributed by atoms with E-state index in [9.17, 15) is 48.3 Å². The van der Waals surface area contributed by atoms with E-state index in [0.29, 0.717) is 95.8 Å². The van der Waals surface area contributed by atoms with Crippen LogP contribution in [0, 0.1) is 71.0 Å². The fourth-order valence-electron chi connectivity index (χ4n) is 18.8. The Bertz CT molecular complexity index is 3010. The van der Waals surface area contributed by atoms with Gasteiger partial charge in [0.1, 0.15) is 41.2 Å². The SMILES string of the molecule is C=C(C)C(=O)OC1(C(C)C)C2CC3CC(C2)CC1C3.C=C(C)C(=O)OC1(CC)CCCC1.C=C(C)C(=O)OC12CC3CC(CC(O)(C3)C1)C2.C=C(C)C(=O)OC1C2CC3C(=O)OC1C3C2.C=C(C)C(=O)OC1CC2OC1C1C(=O)OCC21.C=C(C)C(=O)OC1CCOC1=O. The molecular weight excluding hydrogens is 1210 g/mol. The van der Waals surface area contributed by atoms with Crippen LogP contribution in [-0.4, -0.2) is 131 Å². The minimum atomic E-state index is -0.728. The summed E-state index contributed by atoms with van der Waals surface area (Å²) in [4.78, 5) is 103. The predicted octanol–water partition coefficient (Wildman–Crippen LogP) is 10.9. The van der Waals surface area contributed by atoms with Crippen molar-refractivity contribution in [3.63, 3.8) is 0 Å². The van der Waals surface area contributed by atoms with Gasteiger partial charge in [0.25, 0.3) is 0 Å². The van der Waals surface area contributed by atoms with Crippen LogP contribution in [0.5, 0.6) is 0 Å². The molecule has 0 aromatic carbocycles. The molecule has 0 spiro atoms. The molecule has 13 unspecified atom stereocenters. The summed E-state index contributed by atoms with van der Waals surface area (Å²) >= 11 is 0. The standard InChI is InChI=1S/C17H26O2.C14H20O3.C12H14O5.C12H14O4.C11H18O2.C8H10O4/c1-10(2)16(18)19-17(11(3)4)14-6-12-5-13(8-14)9-15(17)7-12;1-9(2)12(15)17-14-6-10-3-11(7-14)5-13(16,4-10)8-14;1-5(2)11(13)17-8-3-7-6-4-15-12(14)9(6)10(8)16-7;1-5(2)11(13)15-9-6-3-7-8(4-6)12(14)16-10(7)9;1-4-11(7-5-6-8-11)13-10(12)9(2)3;1-5(2)7(9)12-6-3-4-11-8(6)10/h11-15H,1,5-9H2,2-4H3;10-11,16H,1,3-8H2,2H3;6-10H,1,3-4H2,2H3;6-10H,1,3-4H2,2H3;2,4-8H2,1,3H3;6H,1,3-4H2,2H3. The molecule has 94 heavy (non-hydrogen) atoms. The average molecular weight is 1310 g/mol. The van der Waals surface area contributed by atoms with Crippen molar-refractivity contribution in [1.82, 2.24) is 0 Å². The molecule has 5 saturated heterocycles. The zero-order valence-corrected chi connectivity index (χ0v) is 56.9. The second-order valence-corrected chi connectivity index (χ2v) is 30.5. The summed E-state index contributed by atoms with van der Waals surface area (Å²) in [6.07, 6.45) is 18.4. The lowest BCUT2D eigenvalue weighted by atomic mass is 9.47. The van der Waals surface area contributed by atoms with Crippen molar-refractivity contribution in [2.45, 2.75) is 250 Å². The van der Waals surface area contributed by atoms with Crippen LogP contribution in [0.15, 0.2) is 72.9 Å². The van der Waals surface area contributed by atoms with Crippen LogP contribution in [0.2, 0.25) is 0 Å². The molecule has 13 atom stereocenters. The van der Waals surface area contributed by atoms with E-state index in [2.05, 4.69) is 65.0 Å². The smallest absolute Gasteiger partial charge is 0.347 e. The predicted molar refractivity (Wildman–Crippen MR) is 342 cm³/mol. The Balaban J connectivity index is 0.000000134. The Morgan fingerprint density at radius 2 is 1.09 bits per heavy atom. The van der Waals surface area contributed by atoms with Gasteiger partial charge in [-0.15, -0.1) is 0 Å². The Morgan fingerprint density at radius 1 is 0.564 bits per heavy atom. The first-order valence-corrected chi connectivity index (χ1v) is 34.4. The number of esters is 9. The lowest BCUT2D eigenvalue weighted by Gasteiger charge is -2.61. The summed E-state index contributed by atoms with van der Waals surface area (Å²) < 4.78 is 53.3. The van der Waals surface area contributed by atoms with Crippen LogP contribution in [0.4, 0.5) is 0 Å². The molecule has 11 saturated carbocycles. The van der Waals surface area contributed by atoms with Crippen molar-refractivity contribution in [3.05, 3.63) is 72.9 Å². The fraction of sp³-hybridized carbons (Fsp3) is 0.716. The van der Waals surface area contributed by atoms with Gasteiger partial charge in [0, 0.05) is 70.5 Å². The molecule has 0 radical (unpaired) electrons. The van der Waals surface area contributed by atoms with Crippen molar-refractivity contribution >= 4 is 53.7 Å². The Morgan fingerprint density at radius 3 is 1.60 bits per heavy atom. The van der Waals surface area contributed by atoms with E-state index in [1.165, 1.54) is 58.3 Å². The van der Waals surface area contributed by atoms with Crippen molar-refractivity contribution in [3.8, 4) is 0 Å². The Hall–Kier alpha value is -6.41. The minimum Gasteiger partial charge on any atom is -0.465 e. The quantitative estimate of drug-likeness (QED) is 0.0962. The van der Waals surface area contributed by atoms with Gasteiger partial charge in [0.05, 0.1) is 36.8 Å². The maximum Gasteiger partial charge on any atom is 0.347 e. The molecule has 5 heterocycles. The Kier molecular flexibility index (Phi) is 22.0. The number of rotatable bonds is 14. The van der Waals surface area contributed by atoms with Gasteiger partial charge in [0.2, 0.25) is 6.10 Å². The number of ether oxygens (including phenoxy) is 10. The monoisotopic (exact) mass is 1310 g/mol. The second kappa shape index (κ2) is 28.7. The van der Waals surface area contributed by atoms with Crippen molar-refractivity contribution in [2.75, 3.05) is 13.2 Å². The third-order valence-corrected chi connectivity index (χ3v) is 22.6. The Labute approximate surface area is 554 Å². The maximum atomic E-state index is 12.1. The summed E-state index contributed by atoms with van der Waals surface area (Å²) in [7, 11) is 0. The third kappa shape index (κ3) is 15.4. The highest BCUT2D eigenvalue weighted by atomic mass is 16.6. The molecule has 16 aliphatic rings. The first-order valence-electron chi connectivity index (χ1n) is 34.4. The zero-order valence-electron chi connectivity index (χ0n) is 56.9. The summed E-state index contributed by atoms with van der Waals surface area (Å²) in [5.41, 5.74) is 1.19. The van der Waals surface area contributed by atoms with E-state index >= 15 is 0 Å². The molecule has 5 aliphatic heterocycles. The van der Waals surface area contributed by atoms with Gasteiger partial charge in [-0.3, -0.25) is 9.59 Å². The molecule has 0 aromatic heterocycles. The number of carbonyl (C=O) groups is 9. The lowest BCUT2D eigenvalue weighted by Crippen LogP contribution is -2.62. The number of hydrogen-bond donors (Lipinski definition) is 1. The second-order valence-electron chi connectivity index (χ2n) is 30.5. The van der Waals surface area contributed by atoms with Gasteiger partial charge in [-0.25, -0.2) is 33.6 Å². The van der Waals surface area contributed by atoms with Crippen LogP contribution in [0.3, 0.4) is 0 Å². The van der Waals surface area contributed by atoms with Crippen LogP contribution in [0.1, 0.15) is 191 Å². The molecule has 16 rings (SSSR count). The normalized spacial score (nSPS) is 37.8. The van der Waals surface area contributed by atoms with E-state index in [4.69, 9.17) is 42.6 Å². The van der Waals surface area contributed by atoms with Gasteiger partial charge in [0.15, 0.2) is 0 Å². The molecule has 12 bridgehead atoms. The molecule has 20 heteroatoms. The average Bonchev–Trinajstić information content (AvgIpc) is 1.16. The van der Waals surface area contributed by atoms with Gasteiger partial charge in [-0.05, 0) is 192 Å². The summed E-state index contributed by atoms with van der Waals surface area (Å²) in [6, 6.07) is 0. The van der Waals surface area contributed by atoms with E-state index < -0.39 is 35.2 Å². The topological polar surface area (TPSA) is 266 Å². The summed E-state index contributed by atoms with van der Waals surface area (Å²) in [5, 5.41) is 10.5. The molecule has 1 N–H and O–H groups in total. The summed E-state index contributed by atoms with van der Waals surface area (Å²) in [6.45, 7) is 38.6. The molecule has 20 nitrogen and oxygen atoms in total. The highest BCUT2D eigenvalue weighted by molar-refractivity contribution is 5.91. The van der Waals surface area contributed by atoms with E-state index in [1.54, 1.807) is 34.6 Å². The van der Waals surface area contributed by atoms with Crippen LogP contribution in [-0.2, 0) is 90.5 Å². The van der Waals surface area contributed by atoms with Crippen LogP contribution < -0.4 is 0 Å². The number of aliphatic hydroxyl groups is 1. The fourth-order valence-corrected chi connectivity index (χ4v) is 18.8. The highest BCUT2D eigenvalue weighted by Crippen LogP contribution is 2.63. The molecule has 518 valence electrons. The van der Waals surface area contributed by atoms with Gasteiger partial charge < -0.3 is 52.5 Å². The molecule has 0 amide bonds. The van der Waals surface area contributed by atoms with Crippen molar-refractivity contribution in [1.29, 1.82) is 0 Å². The largest absolute Gasteiger partial charge is 0.465 e. The number of hydrogen-bond acceptors (Lipinski definition) is 20. The van der Waals surface area contributed by atoms with Crippen LogP contribution >= 0.6 is 0 Å². The zero-order chi connectivity index (χ0) is 68.7. The van der Waals surface area contributed by atoms with Gasteiger partial charge in [-0.1, -0.05) is 60.2 Å².